The van der Waals surface area contributed by atoms with Crippen molar-refractivity contribution in [1.82, 2.24) is 4.98 Å². The van der Waals surface area contributed by atoms with Crippen LogP contribution in [0.3, 0.4) is 0 Å². The van der Waals surface area contributed by atoms with Gasteiger partial charge in [-0.25, -0.2) is 4.98 Å². The zero-order valence-corrected chi connectivity index (χ0v) is 14.9. The van der Waals surface area contributed by atoms with Gasteiger partial charge < -0.3 is 5.11 Å². The minimum atomic E-state index is 0.294. The van der Waals surface area contributed by atoms with E-state index >= 15 is 0 Å². The van der Waals surface area contributed by atoms with E-state index in [-0.39, 0.29) is 0 Å². The molecular formula is C24H21NO. The van der Waals surface area contributed by atoms with Gasteiger partial charge in [0, 0.05) is 10.9 Å². The Morgan fingerprint density at radius 2 is 1.73 bits per heavy atom. The van der Waals surface area contributed by atoms with Crippen molar-refractivity contribution in [2.75, 3.05) is 0 Å². The number of hydrogen-bond acceptors (Lipinski definition) is 2. The van der Waals surface area contributed by atoms with E-state index in [1.165, 1.54) is 33.7 Å². The molecule has 0 aliphatic heterocycles. The van der Waals surface area contributed by atoms with E-state index in [1.807, 2.05) is 12.1 Å². The van der Waals surface area contributed by atoms with E-state index in [0.29, 0.717) is 11.7 Å². The molecule has 1 N–H and O–H groups in total. The Kier molecular flexibility index (Phi) is 3.46. The molecule has 5 rings (SSSR count). The Labute approximate surface area is 153 Å². The standard InChI is InChI=1S/C24H21NO/c1-15-6-12-20-21(14-15)23-19-5-3-2-4-16(19)9-13-22(23)25-24(20)17-7-10-18(26)11-8-17/h2-5,7-11,13,15,26H,6,12,14H2,1H3. The van der Waals surface area contributed by atoms with Gasteiger partial charge in [0.25, 0.3) is 0 Å². The van der Waals surface area contributed by atoms with Crippen LogP contribution in [0.4, 0.5) is 0 Å². The molecule has 4 aromatic rings. The van der Waals surface area contributed by atoms with Crippen LogP contribution in [-0.4, -0.2) is 10.1 Å². The maximum atomic E-state index is 9.65. The average Bonchev–Trinajstić information content (AvgIpc) is 2.67. The molecule has 26 heavy (non-hydrogen) atoms. The highest BCUT2D eigenvalue weighted by Gasteiger charge is 2.23. The van der Waals surface area contributed by atoms with Gasteiger partial charge in [-0.1, -0.05) is 37.3 Å². The van der Waals surface area contributed by atoms with Gasteiger partial charge in [-0.05, 0) is 77.4 Å². The molecule has 1 aliphatic carbocycles. The fraction of sp³-hybridized carbons (Fsp3) is 0.208. The highest BCUT2D eigenvalue weighted by Crippen LogP contribution is 2.39. The first-order valence-electron chi connectivity index (χ1n) is 9.33. The van der Waals surface area contributed by atoms with Crippen LogP contribution in [0.1, 0.15) is 24.5 Å². The quantitative estimate of drug-likeness (QED) is 0.439. The molecule has 1 aromatic heterocycles. The number of aromatic nitrogens is 1. The Hall–Kier alpha value is -2.87. The number of aromatic hydroxyl groups is 1. The third-order valence-corrected chi connectivity index (χ3v) is 5.67. The first-order chi connectivity index (χ1) is 12.7. The zero-order chi connectivity index (χ0) is 17.7. The van der Waals surface area contributed by atoms with Crippen LogP contribution in [0, 0.1) is 5.92 Å². The lowest BCUT2D eigenvalue weighted by atomic mass is 9.80. The zero-order valence-electron chi connectivity index (χ0n) is 14.9. The summed E-state index contributed by atoms with van der Waals surface area (Å²) in [7, 11) is 0. The van der Waals surface area contributed by atoms with Gasteiger partial charge in [-0.2, -0.15) is 0 Å². The summed E-state index contributed by atoms with van der Waals surface area (Å²) in [4.78, 5) is 5.08. The number of nitrogens with zero attached hydrogens (tertiary/aromatic N) is 1. The van der Waals surface area contributed by atoms with Gasteiger partial charge in [-0.15, -0.1) is 0 Å². The molecule has 3 aromatic carbocycles. The molecule has 1 aliphatic rings. The van der Waals surface area contributed by atoms with Crippen LogP contribution in [-0.2, 0) is 12.8 Å². The van der Waals surface area contributed by atoms with Crippen molar-refractivity contribution < 1.29 is 5.11 Å². The molecule has 1 unspecified atom stereocenters. The molecule has 0 saturated carbocycles. The van der Waals surface area contributed by atoms with E-state index in [2.05, 4.69) is 43.3 Å². The van der Waals surface area contributed by atoms with Crippen molar-refractivity contribution in [2.45, 2.75) is 26.2 Å². The summed E-state index contributed by atoms with van der Waals surface area (Å²) in [6.07, 6.45) is 3.38. The first-order valence-corrected chi connectivity index (χ1v) is 9.33. The summed E-state index contributed by atoms with van der Waals surface area (Å²) in [6, 6.07) is 20.4. The SMILES string of the molecule is CC1CCc2c(-c3ccc(O)cc3)nc3ccc4ccccc4c3c2C1. The lowest BCUT2D eigenvalue weighted by Gasteiger charge is -2.26. The molecule has 1 atom stereocenters. The number of pyridine rings is 1. The molecule has 0 saturated heterocycles. The maximum Gasteiger partial charge on any atom is 0.115 e. The summed E-state index contributed by atoms with van der Waals surface area (Å²) < 4.78 is 0. The Bertz CT molecular complexity index is 1130. The molecule has 1 heterocycles. The van der Waals surface area contributed by atoms with Crippen LogP contribution < -0.4 is 0 Å². The number of phenols is 1. The van der Waals surface area contributed by atoms with E-state index in [0.717, 1.165) is 29.6 Å². The fourth-order valence-electron chi connectivity index (χ4n) is 4.35. The van der Waals surface area contributed by atoms with E-state index in [1.54, 1.807) is 12.1 Å². The lowest BCUT2D eigenvalue weighted by molar-refractivity contribution is 0.475. The van der Waals surface area contributed by atoms with Gasteiger partial charge in [0.05, 0.1) is 11.2 Å². The van der Waals surface area contributed by atoms with Crippen LogP contribution in [0.2, 0.25) is 0 Å². The molecule has 0 spiro atoms. The topological polar surface area (TPSA) is 33.1 Å². The fourth-order valence-corrected chi connectivity index (χ4v) is 4.35. The highest BCUT2D eigenvalue weighted by molar-refractivity contribution is 6.09. The van der Waals surface area contributed by atoms with Crippen LogP contribution in [0.5, 0.6) is 5.75 Å². The predicted molar refractivity (Wildman–Crippen MR) is 108 cm³/mol. The number of hydrogen-bond donors (Lipinski definition) is 1. The Morgan fingerprint density at radius 1 is 0.923 bits per heavy atom. The van der Waals surface area contributed by atoms with Crippen molar-refractivity contribution in [3.63, 3.8) is 0 Å². The van der Waals surface area contributed by atoms with Crippen molar-refractivity contribution in [3.05, 3.63) is 71.8 Å². The lowest BCUT2D eigenvalue weighted by Crippen LogP contribution is -2.14. The predicted octanol–water partition coefficient (Wildman–Crippen LogP) is 5.89. The number of phenolic OH excluding ortho intramolecular Hbond substituents is 1. The van der Waals surface area contributed by atoms with Crippen LogP contribution in [0.15, 0.2) is 60.7 Å². The molecule has 0 amide bonds. The third-order valence-electron chi connectivity index (χ3n) is 5.67. The molecular weight excluding hydrogens is 318 g/mol. The second kappa shape index (κ2) is 5.84. The van der Waals surface area contributed by atoms with Gasteiger partial charge >= 0.3 is 0 Å². The second-order valence-corrected chi connectivity index (χ2v) is 7.49. The summed E-state index contributed by atoms with van der Waals surface area (Å²) >= 11 is 0. The molecule has 0 bridgehead atoms. The van der Waals surface area contributed by atoms with Crippen LogP contribution >= 0.6 is 0 Å². The van der Waals surface area contributed by atoms with Crippen molar-refractivity contribution in [3.8, 4) is 17.0 Å². The van der Waals surface area contributed by atoms with E-state index in [4.69, 9.17) is 4.98 Å². The number of fused-ring (bicyclic) bond motifs is 5. The van der Waals surface area contributed by atoms with Gasteiger partial charge in [-0.3, -0.25) is 0 Å². The summed E-state index contributed by atoms with van der Waals surface area (Å²) in [5.41, 5.74) is 6.09. The maximum absolute atomic E-state index is 9.65. The number of rotatable bonds is 1. The third kappa shape index (κ3) is 2.37. The second-order valence-electron chi connectivity index (χ2n) is 7.49. The van der Waals surface area contributed by atoms with E-state index in [9.17, 15) is 5.11 Å². The normalized spacial score (nSPS) is 16.7. The minimum absolute atomic E-state index is 0.294. The monoisotopic (exact) mass is 339 g/mol. The molecule has 2 nitrogen and oxygen atoms in total. The van der Waals surface area contributed by atoms with Gasteiger partial charge in [0.1, 0.15) is 5.75 Å². The molecule has 0 radical (unpaired) electrons. The minimum Gasteiger partial charge on any atom is -0.508 e. The van der Waals surface area contributed by atoms with Crippen LogP contribution in [0.25, 0.3) is 32.9 Å². The Balaban J connectivity index is 1.88. The smallest absolute Gasteiger partial charge is 0.115 e. The molecule has 128 valence electrons. The van der Waals surface area contributed by atoms with Gasteiger partial charge in [0.15, 0.2) is 0 Å². The number of benzene rings is 3. The van der Waals surface area contributed by atoms with Gasteiger partial charge in [0.2, 0.25) is 0 Å². The van der Waals surface area contributed by atoms with E-state index < -0.39 is 0 Å². The largest absolute Gasteiger partial charge is 0.508 e. The summed E-state index contributed by atoms with van der Waals surface area (Å²) in [5, 5.41) is 13.6. The van der Waals surface area contributed by atoms with Crippen molar-refractivity contribution in [2.24, 2.45) is 5.92 Å². The molecule has 2 heteroatoms. The highest BCUT2D eigenvalue weighted by atomic mass is 16.3. The first kappa shape index (κ1) is 15.4. The summed E-state index contributed by atoms with van der Waals surface area (Å²) in [5.74, 6) is 0.989. The molecule has 0 fully saturated rings. The average molecular weight is 339 g/mol. The Morgan fingerprint density at radius 3 is 2.58 bits per heavy atom. The van der Waals surface area contributed by atoms with Crippen molar-refractivity contribution in [1.29, 1.82) is 0 Å². The summed E-state index contributed by atoms with van der Waals surface area (Å²) in [6.45, 7) is 2.35. The van der Waals surface area contributed by atoms with Crippen molar-refractivity contribution >= 4 is 21.7 Å².